The molecule has 0 bridgehead atoms. The molecule has 2 N–H and O–H groups in total. The lowest BCUT2D eigenvalue weighted by Gasteiger charge is -2.17. The van der Waals surface area contributed by atoms with Crippen molar-refractivity contribution < 1.29 is 9.59 Å². The number of nitrogens with one attached hydrogen (secondary N) is 2. The summed E-state index contributed by atoms with van der Waals surface area (Å²) in [5.41, 5.74) is 4.18. The zero-order valence-corrected chi connectivity index (χ0v) is 16.4. The second-order valence-corrected chi connectivity index (χ2v) is 7.15. The van der Waals surface area contributed by atoms with Crippen LogP contribution in [0.25, 0.3) is 0 Å². The highest BCUT2D eigenvalue weighted by Crippen LogP contribution is 2.24. The Morgan fingerprint density at radius 3 is 2.78 bits per heavy atom. The number of rotatable bonds is 6. The van der Waals surface area contributed by atoms with E-state index in [2.05, 4.69) is 22.5 Å². The number of hydrogen-bond acceptors (Lipinski definition) is 3. The predicted octanol–water partition coefficient (Wildman–Crippen LogP) is 3.62. The summed E-state index contributed by atoms with van der Waals surface area (Å²) in [6.07, 6.45) is 4.72. The van der Waals surface area contributed by atoms with Crippen LogP contribution in [0.5, 0.6) is 0 Å². The Bertz CT molecular complexity index is 854. The lowest BCUT2D eigenvalue weighted by atomic mass is 10.1. The number of fused-ring (bicyclic) bond motifs is 1. The second-order valence-electron chi connectivity index (χ2n) is 7.15. The zero-order valence-electron chi connectivity index (χ0n) is 16.4. The Labute approximate surface area is 160 Å². The number of aryl methyl sites for hydroxylation is 1. The summed E-state index contributed by atoms with van der Waals surface area (Å²) in [4.78, 5) is 29.9. The number of amides is 2. The van der Waals surface area contributed by atoms with Crippen LogP contribution in [0.3, 0.4) is 0 Å². The van der Waals surface area contributed by atoms with E-state index in [-0.39, 0.29) is 11.8 Å². The number of carbonyl (C=O) groups is 2. The van der Waals surface area contributed by atoms with Crippen LogP contribution < -0.4 is 10.6 Å². The van der Waals surface area contributed by atoms with Gasteiger partial charge in [-0.15, -0.1) is 0 Å². The molecular weight excluding hydrogens is 340 g/mol. The summed E-state index contributed by atoms with van der Waals surface area (Å²) < 4.78 is 1.92. The maximum atomic E-state index is 12.9. The smallest absolute Gasteiger partial charge is 0.287 e. The van der Waals surface area contributed by atoms with Crippen LogP contribution in [0.4, 0.5) is 5.69 Å². The van der Waals surface area contributed by atoms with Gasteiger partial charge in [0.05, 0.1) is 5.69 Å². The molecule has 0 unspecified atom stereocenters. The molecule has 1 aromatic heterocycles. The van der Waals surface area contributed by atoms with Gasteiger partial charge in [0.1, 0.15) is 0 Å². The Kier molecular flexibility index (Phi) is 5.94. The number of aromatic nitrogens is 2. The lowest BCUT2D eigenvalue weighted by Crippen LogP contribution is -2.28. The maximum absolute atomic E-state index is 12.9. The van der Waals surface area contributed by atoms with E-state index < -0.39 is 0 Å². The van der Waals surface area contributed by atoms with E-state index in [1.807, 2.05) is 36.6 Å². The van der Waals surface area contributed by atoms with Gasteiger partial charge in [-0.25, -0.2) is 4.98 Å². The highest BCUT2D eigenvalue weighted by atomic mass is 16.2. The number of benzene rings is 1. The topological polar surface area (TPSA) is 76.0 Å². The Balaban J connectivity index is 1.87. The Morgan fingerprint density at radius 2 is 2.00 bits per heavy atom. The van der Waals surface area contributed by atoms with E-state index in [0.717, 1.165) is 61.2 Å². The van der Waals surface area contributed by atoms with Crippen molar-refractivity contribution >= 4 is 17.5 Å². The van der Waals surface area contributed by atoms with Crippen molar-refractivity contribution in [1.82, 2.24) is 14.9 Å². The van der Waals surface area contributed by atoms with Crippen LogP contribution in [0.2, 0.25) is 0 Å². The second kappa shape index (κ2) is 8.37. The molecule has 0 aliphatic carbocycles. The monoisotopic (exact) mass is 368 g/mol. The van der Waals surface area contributed by atoms with E-state index in [9.17, 15) is 9.59 Å². The molecule has 2 amide bonds. The molecule has 1 aliphatic rings. The van der Waals surface area contributed by atoms with Gasteiger partial charge in [0.15, 0.2) is 11.5 Å². The minimum absolute atomic E-state index is 0.197. The molecule has 1 aromatic carbocycles. The highest BCUT2D eigenvalue weighted by molar-refractivity contribution is 6.05. The van der Waals surface area contributed by atoms with Gasteiger partial charge in [-0.2, -0.15) is 0 Å². The maximum Gasteiger partial charge on any atom is 0.287 e. The number of unbranched alkanes of at least 4 members (excludes halogenated alkanes) is 1. The third kappa shape index (κ3) is 4.04. The standard InChI is InChI=1S/C21H28N4O2/c1-4-5-12-22-21(27)19-24-18(17-11-6-7-13-25(17)19)20(26)23-16-10-8-9-14(2)15(16)3/h8-10H,4-7,11-13H2,1-3H3,(H,22,27)(H,23,26). The molecule has 144 valence electrons. The van der Waals surface area contributed by atoms with Crippen LogP contribution in [0.1, 0.15) is 70.5 Å². The van der Waals surface area contributed by atoms with Crippen LogP contribution in [0.15, 0.2) is 18.2 Å². The minimum atomic E-state index is -0.248. The van der Waals surface area contributed by atoms with Gasteiger partial charge >= 0.3 is 0 Å². The van der Waals surface area contributed by atoms with E-state index in [1.165, 1.54) is 0 Å². The molecule has 0 spiro atoms. The molecule has 3 rings (SSSR count). The molecule has 0 fully saturated rings. The van der Waals surface area contributed by atoms with Gasteiger partial charge in [-0.3, -0.25) is 9.59 Å². The van der Waals surface area contributed by atoms with E-state index in [1.54, 1.807) is 0 Å². The van der Waals surface area contributed by atoms with Gasteiger partial charge in [-0.1, -0.05) is 25.5 Å². The molecule has 6 heteroatoms. The quantitative estimate of drug-likeness (QED) is 0.765. The van der Waals surface area contributed by atoms with E-state index >= 15 is 0 Å². The van der Waals surface area contributed by atoms with Crippen LogP contribution >= 0.6 is 0 Å². The number of carbonyl (C=O) groups excluding carboxylic acids is 2. The van der Waals surface area contributed by atoms with Crippen molar-refractivity contribution in [3.63, 3.8) is 0 Å². The summed E-state index contributed by atoms with van der Waals surface area (Å²) in [5.74, 6) is -0.0914. The highest BCUT2D eigenvalue weighted by Gasteiger charge is 2.27. The molecule has 2 aromatic rings. The normalized spacial score (nSPS) is 13.1. The summed E-state index contributed by atoms with van der Waals surface area (Å²) in [5, 5.41) is 5.89. The molecule has 6 nitrogen and oxygen atoms in total. The number of hydrogen-bond donors (Lipinski definition) is 2. The summed E-state index contributed by atoms with van der Waals surface area (Å²) in [6.45, 7) is 7.44. The molecule has 2 heterocycles. The van der Waals surface area contributed by atoms with Crippen molar-refractivity contribution in [3.8, 4) is 0 Å². The molecule has 0 saturated heterocycles. The number of imidazole rings is 1. The van der Waals surface area contributed by atoms with Crippen LogP contribution in [0, 0.1) is 13.8 Å². The minimum Gasteiger partial charge on any atom is -0.349 e. The summed E-state index contributed by atoms with van der Waals surface area (Å²) in [7, 11) is 0. The van der Waals surface area contributed by atoms with Gasteiger partial charge in [0.2, 0.25) is 0 Å². The van der Waals surface area contributed by atoms with E-state index in [0.29, 0.717) is 18.1 Å². The average molecular weight is 368 g/mol. The first-order valence-electron chi connectivity index (χ1n) is 9.78. The van der Waals surface area contributed by atoms with E-state index in [4.69, 9.17) is 0 Å². The summed E-state index contributed by atoms with van der Waals surface area (Å²) in [6, 6.07) is 5.83. The van der Waals surface area contributed by atoms with Crippen molar-refractivity contribution in [3.05, 3.63) is 46.5 Å². The SMILES string of the molecule is CCCCNC(=O)c1nc(C(=O)Nc2cccc(C)c2C)c2n1CCCC2. The van der Waals surface area contributed by atoms with Crippen molar-refractivity contribution in [1.29, 1.82) is 0 Å². The molecule has 0 atom stereocenters. The van der Waals surface area contributed by atoms with Crippen molar-refractivity contribution in [2.45, 2.75) is 59.4 Å². The third-order valence-electron chi connectivity index (χ3n) is 5.20. The van der Waals surface area contributed by atoms with Gasteiger partial charge < -0.3 is 15.2 Å². The fraction of sp³-hybridized carbons (Fsp3) is 0.476. The molecule has 1 aliphatic heterocycles. The first-order chi connectivity index (χ1) is 13.0. The molecule has 0 saturated carbocycles. The van der Waals surface area contributed by atoms with Crippen molar-refractivity contribution in [2.75, 3.05) is 11.9 Å². The summed E-state index contributed by atoms with van der Waals surface area (Å²) >= 11 is 0. The Morgan fingerprint density at radius 1 is 1.19 bits per heavy atom. The van der Waals surface area contributed by atoms with Gasteiger partial charge in [0, 0.05) is 18.8 Å². The van der Waals surface area contributed by atoms with Gasteiger partial charge in [0.25, 0.3) is 11.8 Å². The molecule has 0 radical (unpaired) electrons. The average Bonchev–Trinajstić information content (AvgIpc) is 3.05. The number of nitrogens with zero attached hydrogens (tertiary/aromatic N) is 2. The number of anilines is 1. The lowest BCUT2D eigenvalue weighted by molar-refractivity contribution is 0.0937. The van der Waals surface area contributed by atoms with Crippen LogP contribution in [-0.4, -0.2) is 27.9 Å². The predicted molar refractivity (Wildman–Crippen MR) is 106 cm³/mol. The first kappa shape index (κ1) is 19.1. The first-order valence-corrected chi connectivity index (χ1v) is 9.78. The van der Waals surface area contributed by atoms with Crippen LogP contribution in [-0.2, 0) is 13.0 Å². The van der Waals surface area contributed by atoms with Gasteiger partial charge in [-0.05, 0) is 56.7 Å². The zero-order chi connectivity index (χ0) is 19.4. The largest absolute Gasteiger partial charge is 0.349 e. The molecular formula is C21H28N4O2. The molecule has 27 heavy (non-hydrogen) atoms. The fourth-order valence-electron chi connectivity index (χ4n) is 3.42. The third-order valence-corrected chi connectivity index (χ3v) is 5.20. The fourth-order valence-corrected chi connectivity index (χ4v) is 3.42. The Hall–Kier alpha value is -2.63. The van der Waals surface area contributed by atoms with Crippen molar-refractivity contribution in [2.24, 2.45) is 0 Å².